The fraction of sp³-hybridized carbons (Fsp3) is 0.158. The van der Waals surface area contributed by atoms with Crippen LogP contribution in [0.15, 0.2) is 60.9 Å². The maximum Gasteiger partial charge on any atom is 0.373 e. The molecule has 3 aromatic rings. The number of fused-ring (bicyclic) bond motifs is 1. The van der Waals surface area contributed by atoms with Crippen molar-refractivity contribution in [3.05, 3.63) is 76.6 Å². The van der Waals surface area contributed by atoms with Gasteiger partial charge in [0.2, 0.25) is 5.82 Å². The second-order valence-electron chi connectivity index (χ2n) is 5.91. The lowest BCUT2D eigenvalue weighted by Gasteiger charge is -2.29. The highest BCUT2D eigenvalue weighted by Crippen LogP contribution is 2.41. The van der Waals surface area contributed by atoms with Gasteiger partial charge in [-0.3, -0.25) is 10.1 Å². The molecule has 0 bridgehead atoms. The SMILES string of the molecule is O=[N+]([O-])c1c(Oc2ccccc2)ncnc1N1CCCc2ccccc21. The quantitative estimate of drug-likeness (QED) is 0.517. The molecule has 0 aliphatic carbocycles. The van der Waals surface area contributed by atoms with Gasteiger partial charge in [-0.1, -0.05) is 36.4 Å². The first-order chi connectivity index (χ1) is 12.7. The zero-order valence-corrected chi connectivity index (χ0v) is 13.9. The van der Waals surface area contributed by atoms with Gasteiger partial charge in [0.1, 0.15) is 12.1 Å². The number of ether oxygens (including phenoxy) is 1. The Morgan fingerprint density at radius 3 is 2.62 bits per heavy atom. The van der Waals surface area contributed by atoms with Gasteiger partial charge >= 0.3 is 11.6 Å². The molecule has 1 aliphatic heterocycles. The molecule has 7 nitrogen and oxygen atoms in total. The second kappa shape index (κ2) is 6.79. The van der Waals surface area contributed by atoms with Crippen LogP contribution in [0.25, 0.3) is 0 Å². The van der Waals surface area contributed by atoms with E-state index in [1.54, 1.807) is 24.3 Å². The molecule has 0 saturated heterocycles. The highest BCUT2D eigenvalue weighted by Gasteiger charge is 2.31. The number of nitrogens with zero attached hydrogens (tertiary/aromatic N) is 4. The maximum absolute atomic E-state index is 11.8. The Morgan fingerprint density at radius 2 is 1.81 bits per heavy atom. The van der Waals surface area contributed by atoms with Crippen LogP contribution in [0.2, 0.25) is 0 Å². The predicted octanol–water partition coefficient (Wildman–Crippen LogP) is 4.26. The Bertz CT molecular complexity index is 947. The number of nitro groups is 1. The van der Waals surface area contributed by atoms with E-state index in [0.717, 1.165) is 24.1 Å². The Balaban J connectivity index is 1.80. The molecule has 0 atom stereocenters. The van der Waals surface area contributed by atoms with Gasteiger partial charge in [0.25, 0.3) is 0 Å². The molecule has 4 rings (SSSR count). The summed E-state index contributed by atoms with van der Waals surface area (Å²) in [4.78, 5) is 21.4. The van der Waals surface area contributed by atoms with Gasteiger partial charge in [0.15, 0.2) is 0 Å². The molecule has 2 aromatic carbocycles. The van der Waals surface area contributed by atoms with Crippen LogP contribution in [-0.4, -0.2) is 21.4 Å². The molecular formula is C19H16N4O3. The molecule has 0 unspecified atom stereocenters. The predicted molar refractivity (Wildman–Crippen MR) is 97.0 cm³/mol. The van der Waals surface area contributed by atoms with Crippen LogP contribution in [0.4, 0.5) is 17.2 Å². The molecule has 0 saturated carbocycles. The van der Waals surface area contributed by atoms with Gasteiger partial charge in [0, 0.05) is 12.2 Å². The summed E-state index contributed by atoms with van der Waals surface area (Å²) in [7, 11) is 0. The van der Waals surface area contributed by atoms with E-state index in [-0.39, 0.29) is 17.4 Å². The van der Waals surface area contributed by atoms with Gasteiger partial charge in [-0.15, -0.1) is 0 Å². The Kier molecular flexibility index (Phi) is 4.18. The minimum Gasteiger partial charge on any atom is -0.434 e. The number of aromatic nitrogens is 2. The third-order valence-electron chi connectivity index (χ3n) is 4.28. The van der Waals surface area contributed by atoms with E-state index in [1.807, 2.05) is 35.2 Å². The third-order valence-corrected chi connectivity index (χ3v) is 4.28. The number of anilines is 2. The average Bonchev–Trinajstić information content (AvgIpc) is 2.68. The molecular weight excluding hydrogens is 332 g/mol. The van der Waals surface area contributed by atoms with E-state index in [1.165, 1.54) is 6.33 Å². The molecule has 1 aromatic heterocycles. The summed E-state index contributed by atoms with van der Waals surface area (Å²) in [5, 5.41) is 11.8. The van der Waals surface area contributed by atoms with Gasteiger partial charge in [-0.05, 0) is 36.6 Å². The Labute approximate surface area is 150 Å². The normalized spacial score (nSPS) is 13.2. The number of rotatable bonds is 4. The first-order valence-corrected chi connectivity index (χ1v) is 8.32. The summed E-state index contributed by atoms with van der Waals surface area (Å²) in [5.41, 5.74) is 1.86. The molecule has 2 heterocycles. The molecule has 0 amide bonds. The van der Waals surface area contributed by atoms with Crippen molar-refractivity contribution >= 4 is 17.2 Å². The average molecular weight is 348 g/mol. The largest absolute Gasteiger partial charge is 0.434 e. The van der Waals surface area contributed by atoms with E-state index in [0.29, 0.717) is 12.3 Å². The number of benzene rings is 2. The molecule has 0 N–H and O–H groups in total. The molecule has 7 heteroatoms. The van der Waals surface area contributed by atoms with Crippen LogP contribution >= 0.6 is 0 Å². The lowest BCUT2D eigenvalue weighted by Crippen LogP contribution is -2.26. The molecule has 1 aliphatic rings. The van der Waals surface area contributed by atoms with Gasteiger partial charge in [-0.25, -0.2) is 4.98 Å². The molecule has 0 radical (unpaired) electrons. The summed E-state index contributed by atoms with van der Waals surface area (Å²) in [6, 6.07) is 16.8. The lowest BCUT2D eigenvalue weighted by atomic mass is 10.0. The third kappa shape index (κ3) is 2.95. The minimum atomic E-state index is -0.481. The van der Waals surface area contributed by atoms with Crippen molar-refractivity contribution in [2.75, 3.05) is 11.4 Å². The van der Waals surface area contributed by atoms with Crippen LogP contribution in [0.3, 0.4) is 0 Å². The Morgan fingerprint density at radius 1 is 1.04 bits per heavy atom. The van der Waals surface area contributed by atoms with Crippen molar-refractivity contribution < 1.29 is 9.66 Å². The number of aryl methyl sites for hydroxylation is 1. The fourth-order valence-electron chi connectivity index (χ4n) is 3.14. The summed E-state index contributed by atoms with van der Waals surface area (Å²) in [6.07, 6.45) is 3.14. The van der Waals surface area contributed by atoms with Gasteiger partial charge in [-0.2, -0.15) is 4.98 Å². The molecule has 26 heavy (non-hydrogen) atoms. The van der Waals surface area contributed by atoms with Gasteiger partial charge in [0.05, 0.1) is 4.92 Å². The fourth-order valence-corrected chi connectivity index (χ4v) is 3.14. The first kappa shape index (κ1) is 16.0. The van der Waals surface area contributed by atoms with E-state index >= 15 is 0 Å². The van der Waals surface area contributed by atoms with Crippen molar-refractivity contribution in [3.8, 4) is 11.6 Å². The number of para-hydroxylation sites is 2. The maximum atomic E-state index is 11.8. The zero-order chi connectivity index (χ0) is 17.9. The smallest absolute Gasteiger partial charge is 0.373 e. The minimum absolute atomic E-state index is 0.0609. The highest BCUT2D eigenvalue weighted by atomic mass is 16.6. The van der Waals surface area contributed by atoms with E-state index in [9.17, 15) is 10.1 Å². The zero-order valence-electron chi connectivity index (χ0n) is 13.9. The highest BCUT2D eigenvalue weighted by molar-refractivity contribution is 5.73. The van der Waals surface area contributed by atoms with Gasteiger partial charge < -0.3 is 9.64 Å². The lowest BCUT2D eigenvalue weighted by molar-refractivity contribution is -0.385. The summed E-state index contributed by atoms with van der Waals surface area (Å²) < 4.78 is 5.67. The van der Waals surface area contributed by atoms with Crippen molar-refractivity contribution in [1.82, 2.24) is 9.97 Å². The second-order valence-corrected chi connectivity index (χ2v) is 5.91. The number of hydrogen-bond donors (Lipinski definition) is 0. The molecule has 0 spiro atoms. The van der Waals surface area contributed by atoms with Crippen LogP contribution in [-0.2, 0) is 6.42 Å². The van der Waals surface area contributed by atoms with E-state index in [4.69, 9.17) is 4.74 Å². The van der Waals surface area contributed by atoms with Crippen LogP contribution in [0, 0.1) is 10.1 Å². The van der Waals surface area contributed by atoms with E-state index in [2.05, 4.69) is 9.97 Å². The molecule has 0 fully saturated rings. The van der Waals surface area contributed by atoms with Crippen molar-refractivity contribution in [2.24, 2.45) is 0 Å². The van der Waals surface area contributed by atoms with Crippen LogP contribution in [0.5, 0.6) is 11.6 Å². The summed E-state index contributed by atoms with van der Waals surface area (Å²) >= 11 is 0. The standard InChI is InChI=1S/C19H16N4O3/c24-23(25)17-18(22-12-6-8-14-7-4-5-11-16(14)22)20-13-21-19(17)26-15-9-2-1-3-10-15/h1-5,7,9-11,13H,6,8,12H2. The Hall–Kier alpha value is -3.48. The van der Waals surface area contributed by atoms with Crippen molar-refractivity contribution in [2.45, 2.75) is 12.8 Å². The summed E-state index contributed by atoms with van der Waals surface area (Å²) in [6.45, 7) is 0.652. The first-order valence-electron chi connectivity index (χ1n) is 8.32. The van der Waals surface area contributed by atoms with Crippen LogP contribution < -0.4 is 9.64 Å². The topological polar surface area (TPSA) is 81.4 Å². The summed E-state index contributed by atoms with van der Waals surface area (Å²) in [5.74, 6) is 0.677. The van der Waals surface area contributed by atoms with Crippen LogP contribution in [0.1, 0.15) is 12.0 Å². The number of hydrogen-bond acceptors (Lipinski definition) is 6. The molecule has 130 valence electrons. The van der Waals surface area contributed by atoms with Crippen molar-refractivity contribution in [3.63, 3.8) is 0 Å². The van der Waals surface area contributed by atoms with E-state index < -0.39 is 4.92 Å². The van der Waals surface area contributed by atoms with Crippen molar-refractivity contribution in [1.29, 1.82) is 0 Å². The monoisotopic (exact) mass is 348 g/mol.